The molecule has 0 spiro atoms. The van der Waals surface area contributed by atoms with E-state index in [-0.39, 0.29) is 5.91 Å². The van der Waals surface area contributed by atoms with Gasteiger partial charge in [-0.15, -0.1) is 0 Å². The average Bonchev–Trinajstić information content (AvgIpc) is 2.44. The summed E-state index contributed by atoms with van der Waals surface area (Å²) in [6.45, 7) is 4.76. The molecule has 0 aliphatic carbocycles. The molecule has 0 bridgehead atoms. The van der Waals surface area contributed by atoms with Crippen molar-refractivity contribution >= 4 is 40.1 Å². The third kappa shape index (κ3) is 3.61. The Bertz CT molecular complexity index is 461. The van der Waals surface area contributed by atoms with Crippen LogP contribution in [0.3, 0.4) is 0 Å². The molecule has 0 radical (unpaired) electrons. The Balaban J connectivity index is 2.17. The van der Waals surface area contributed by atoms with Gasteiger partial charge in [-0.1, -0.05) is 11.6 Å². The molecule has 1 aliphatic heterocycles. The molecule has 3 nitrogen and oxygen atoms in total. The minimum atomic E-state index is 0.0905. The van der Waals surface area contributed by atoms with E-state index < -0.39 is 0 Å². The highest BCUT2D eigenvalue weighted by Gasteiger charge is 2.25. The van der Waals surface area contributed by atoms with Gasteiger partial charge < -0.3 is 10.2 Å². The first-order valence-electron chi connectivity index (χ1n) is 6.60. The van der Waals surface area contributed by atoms with Crippen molar-refractivity contribution in [1.82, 2.24) is 10.2 Å². The molecular formula is C14H18ClIN2O. The van der Waals surface area contributed by atoms with Crippen LogP contribution in [0.4, 0.5) is 0 Å². The minimum Gasteiger partial charge on any atom is -0.336 e. The summed E-state index contributed by atoms with van der Waals surface area (Å²) in [6.07, 6.45) is 2.05. The number of carbonyl (C=O) groups excluding carboxylic acids is 1. The highest BCUT2D eigenvalue weighted by atomic mass is 127. The maximum atomic E-state index is 12.6. The number of rotatable bonds is 3. The third-order valence-electron chi connectivity index (χ3n) is 3.52. The van der Waals surface area contributed by atoms with Gasteiger partial charge in [-0.25, -0.2) is 0 Å². The van der Waals surface area contributed by atoms with Crippen LogP contribution in [0.25, 0.3) is 0 Å². The van der Waals surface area contributed by atoms with Crippen molar-refractivity contribution in [3.8, 4) is 0 Å². The van der Waals surface area contributed by atoms with E-state index in [4.69, 9.17) is 11.6 Å². The minimum absolute atomic E-state index is 0.0905. The van der Waals surface area contributed by atoms with Crippen molar-refractivity contribution in [2.24, 2.45) is 0 Å². The topological polar surface area (TPSA) is 32.3 Å². The quantitative estimate of drug-likeness (QED) is 0.802. The van der Waals surface area contributed by atoms with Crippen LogP contribution in [0.1, 0.15) is 30.1 Å². The van der Waals surface area contributed by atoms with E-state index in [1.807, 2.05) is 24.0 Å². The summed E-state index contributed by atoms with van der Waals surface area (Å²) >= 11 is 8.27. The summed E-state index contributed by atoms with van der Waals surface area (Å²) in [5, 5.41) is 3.98. The van der Waals surface area contributed by atoms with Gasteiger partial charge in [0.05, 0.1) is 5.02 Å². The van der Waals surface area contributed by atoms with Gasteiger partial charge in [-0.3, -0.25) is 4.79 Å². The largest absolute Gasteiger partial charge is 0.336 e. The highest BCUT2D eigenvalue weighted by Crippen LogP contribution is 2.22. The molecular weight excluding hydrogens is 375 g/mol. The molecule has 0 aromatic heterocycles. The maximum Gasteiger partial charge on any atom is 0.254 e. The van der Waals surface area contributed by atoms with Gasteiger partial charge in [0.15, 0.2) is 0 Å². The molecule has 2 rings (SSSR count). The van der Waals surface area contributed by atoms with Crippen LogP contribution in [-0.2, 0) is 0 Å². The number of hydrogen-bond acceptors (Lipinski definition) is 2. The molecule has 0 atom stereocenters. The lowest BCUT2D eigenvalue weighted by atomic mass is 10.0. The second kappa shape index (κ2) is 6.90. The molecule has 1 aromatic carbocycles. The van der Waals surface area contributed by atoms with Crippen LogP contribution in [0.15, 0.2) is 18.2 Å². The van der Waals surface area contributed by atoms with Gasteiger partial charge in [0.2, 0.25) is 0 Å². The van der Waals surface area contributed by atoms with Crippen LogP contribution in [0, 0.1) is 3.57 Å². The molecule has 5 heteroatoms. The summed E-state index contributed by atoms with van der Waals surface area (Å²) in [6, 6.07) is 5.87. The van der Waals surface area contributed by atoms with Crippen molar-refractivity contribution in [3.05, 3.63) is 32.4 Å². The molecule has 1 amide bonds. The number of piperidine rings is 1. The SMILES string of the molecule is CCN(C(=O)c1ccc(I)c(Cl)c1)C1CCNCC1. The lowest BCUT2D eigenvalue weighted by molar-refractivity contribution is 0.0656. The Morgan fingerprint density at radius 1 is 1.47 bits per heavy atom. The molecule has 1 aromatic rings. The number of hydrogen-bond donors (Lipinski definition) is 1. The van der Waals surface area contributed by atoms with E-state index in [0.717, 1.165) is 36.0 Å². The Labute approximate surface area is 132 Å². The predicted molar refractivity (Wildman–Crippen MR) is 86.8 cm³/mol. The fraction of sp³-hybridized carbons (Fsp3) is 0.500. The zero-order valence-corrected chi connectivity index (χ0v) is 13.9. The van der Waals surface area contributed by atoms with Gasteiger partial charge in [-0.2, -0.15) is 0 Å². The van der Waals surface area contributed by atoms with Crippen LogP contribution < -0.4 is 5.32 Å². The van der Waals surface area contributed by atoms with E-state index in [2.05, 4.69) is 27.9 Å². The number of benzene rings is 1. The first-order chi connectivity index (χ1) is 9.13. The zero-order valence-electron chi connectivity index (χ0n) is 11.0. The van der Waals surface area contributed by atoms with Crippen molar-refractivity contribution in [2.75, 3.05) is 19.6 Å². The predicted octanol–water partition coefficient (Wildman–Crippen LogP) is 3.16. The summed E-state index contributed by atoms with van der Waals surface area (Å²) in [7, 11) is 0. The zero-order chi connectivity index (χ0) is 13.8. The molecule has 1 aliphatic rings. The normalized spacial score (nSPS) is 16.4. The number of carbonyl (C=O) groups is 1. The summed E-state index contributed by atoms with van der Waals surface area (Å²) < 4.78 is 0.973. The van der Waals surface area contributed by atoms with Crippen molar-refractivity contribution in [1.29, 1.82) is 0 Å². The molecule has 1 saturated heterocycles. The second-order valence-electron chi connectivity index (χ2n) is 4.70. The van der Waals surface area contributed by atoms with Gasteiger partial charge in [0, 0.05) is 21.7 Å². The van der Waals surface area contributed by atoms with E-state index in [9.17, 15) is 4.79 Å². The van der Waals surface area contributed by atoms with Gasteiger partial charge in [-0.05, 0) is 73.6 Å². The smallest absolute Gasteiger partial charge is 0.254 e. The number of amides is 1. The second-order valence-corrected chi connectivity index (χ2v) is 6.27. The third-order valence-corrected chi connectivity index (χ3v) is 5.09. The van der Waals surface area contributed by atoms with E-state index in [1.54, 1.807) is 6.07 Å². The highest BCUT2D eigenvalue weighted by molar-refractivity contribution is 14.1. The Morgan fingerprint density at radius 2 is 2.16 bits per heavy atom. The van der Waals surface area contributed by atoms with E-state index in [0.29, 0.717) is 16.6 Å². The van der Waals surface area contributed by atoms with Crippen LogP contribution >= 0.6 is 34.2 Å². The van der Waals surface area contributed by atoms with E-state index in [1.165, 1.54) is 0 Å². The van der Waals surface area contributed by atoms with Crippen LogP contribution in [-0.4, -0.2) is 36.5 Å². The Hall–Kier alpha value is -0.330. The van der Waals surface area contributed by atoms with Crippen LogP contribution in [0.5, 0.6) is 0 Å². The number of nitrogens with one attached hydrogen (secondary N) is 1. The lowest BCUT2D eigenvalue weighted by Crippen LogP contribution is -2.46. The molecule has 1 fully saturated rings. The first-order valence-corrected chi connectivity index (χ1v) is 8.06. The van der Waals surface area contributed by atoms with Crippen molar-refractivity contribution < 1.29 is 4.79 Å². The van der Waals surface area contributed by atoms with Gasteiger partial charge in [0.1, 0.15) is 0 Å². The first kappa shape index (κ1) is 15.1. The number of nitrogens with zero attached hydrogens (tertiary/aromatic N) is 1. The summed E-state index contributed by atoms with van der Waals surface area (Å²) in [4.78, 5) is 14.6. The molecule has 1 N–H and O–H groups in total. The van der Waals surface area contributed by atoms with E-state index >= 15 is 0 Å². The Morgan fingerprint density at radius 3 is 2.74 bits per heavy atom. The molecule has 0 unspecified atom stereocenters. The number of halogens is 2. The van der Waals surface area contributed by atoms with Crippen molar-refractivity contribution in [2.45, 2.75) is 25.8 Å². The van der Waals surface area contributed by atoms with Gasteiger partial charge in [0.25, 0.3) is 5.91 Å². The average molecular weight is 393 g/mol. The molecule has 0 saturated carbocycles. The van der Waals surface area contributed by atoms with Crippen LogP contribution in [0.2, 0.25) is 5.02 Å². The maximum absolute atomic E-state index is 12.6. The molecule has 1 heterocycles. The van der Waals surface area contributed by atoms with Gasteiger partial charge >= 0.3 is 0 Å². The standard InChI is InChI=1S/C14H18ClIN2O/c1-2-18(11-5-7-17-8-6-11)14(19)10-3-4-13(16)12(15)9-10/h3-4,9,11,17H,2,5-8H2,1H3. The van der Waals surface area contributed by atoms with Crippen molar-refractivity contribution in [3.63, 3.8) is 0 Å². The molecule has 19 heavy (non-hydrogen) atoms. The summed E-state index contributed by atoms with van der Waals surface area (Å²) in [5.74, 6) is 0.0905. The summed E-state index contributed by atoms with van der Waals surface area (Å²) in [5.41, 5.74) is 0.686. The monoisotopic (exact) mass is 392 g/mol. The molecule has 104 valence electrons. The fourth-order valence-electron chi connectivity index (χ4n) is 2.48. The fourth-order valence-corrected chi connectivity index (χ4v) is 3.00. The Kier molecular flexibility index (Phi) is 5.47. The lowest BCUT2D eigenvalue weighted by Gasteiger charge is -2.34.